The molecule has 0 fully saturated rings. The van der Waals surface area contributed by atoms with Crippen LogP contribution in [0.3, 0.4) is 0 Å². The first-order valence-electron chi connectivity index (χ1n) is 4.36. The fraction of sp³-hybridized carbons (Fsp3) is 1.00. The van der Waals surface area contributed by atoms with Crippen LogP contribution < -0.4 is 0 Å². The van der Waals surface area contributed by atoms with Crippen molar-refractivity contribution < 1.29 is 25.2 Å². The van der Waals surface area contributed by atoms with Crippen LogP contribution in [0, 0.1) is 0 Å². The standard InChI is InChI=1S/C8H18O5/c1-2-3-13-5-7(11)8(12)6(10)4-9/h6-12H,2-5H2,1H3/t6-,7+,8+/m1/s1. The number of aliphatic hydroxyl groups is 4. The van der Waals surface area contributed by atoms with Crippen molar-refractivity contribution in [2.75, 3.05) is 19.8 Å². The van der Waals surface area contributed by atoms with E-state index < -0.39 is 24.9 Å². The van der Waals surface area contributed by atoms with Gasteiger partial charge in [0.15, 0.2) is 0 Å². The van der Waals surface area contributed by atoms with Crippen molar-refractivity contribution in [3.05, 3.63) is 0 Å². The van der Waals surface area contributed by atoms with Crippen molar-refractivity contribution in [3.63, 3.8) is 0 Å². The summed E-state index contributed by atoms with van der Waals surface area (Å²) in [4.78, 5) is 0. The van der Waals surface area contributed by atoms with Gasteiger partial charge < -0.3 is 25.2 Å². The molecular weight excluding hydrogens is 176 g/mol. The van der Waals surface area contributed by atoms with Crippen LogP contribution in [0.4, 0.5) is 0 Å². The van der Waals surface area contributed by atoms with Crippen LogP contribution in [-0.2, 0) is 4.74 Å². The van der Waals surface area contributed by atoms with E-state index in [0.717, 1.165) is 6.42 Å². The molecule has 0 aromatic heterocycles. The Labute approximate surface area is 77.6 Å². The Kier molecular flexibility index (Phi) is 7.12. The van der Waals surface area contributed by atoms with Crippen LogP contribution in [-0.4, -0.2) is 58.6 Å². The largest absolute Gasteiger partial charge is 0.394 e. The molecule has 0 aromatic rings. The van der Waals surface area contributed by atoms with Crippen molar-refractivity contribution in [1.29, 1.82) is 0 Å². The van der Waals surface area contributed by atoms with Gasteiger partial charge in [0.1, 0.15) is 18.3 Å². The van der Waals surface area contributed by atoms with Crippen LogP contribution in [0.2, 0.25) is 0 Å². The lowest BCUT2D eigenvalue weighted by atomic mass is 10.1. The smallest absolute Gasteiger partial charge is 0.110 e. The zero-order valence-electron chi connectivity index (χ0n) is 7.76. The molecule has 0 rings (SSSR count). The summed E-state index contributed by atoms with van der Waals surface area (Å²) in [7, 11) is 0. The summed E-state index contributed by atoms with van der Waals surface area (Å²) < 4.78 is 4.96. The molecule has 0 aliphatic carbocycles. The first-order chi connectivity index (χ1) is 6.13. The van der Waals surface area contributed by atoms with Crippen LogP contribution in [0.25, 0.3) is 0 Å². The van der Waals surface area contributed by atoms with Crippen molar-refractivity contribution in [1.82, 2.24) is 0 Å². The highest BCUT2D eigenvalue weighted by molar-refractivity contribution is 4.73. The summed E-state index contributed by atoms with van der Waals surface area (Å²) in [5, 5.41) is 35.7. The van der Waals surface area contributed by atoms with Gasteiger partial charge in [0.2, 0.25) is 0 Å². The van der Waals surface area contributed by atoms with Crippen molar-refractivity contribution >= 4 is 0 Å². The van der Waals surface area contributed by atoms with E-state index in [9.17, 15) is 5.11 Å². The second-order valence-corrected chi connectivity index (χ2v) is 2.88. The Morgan fingerprint density at radius 3 is 2.23 bits per heavy atom. The predicted molar refractivity (Wildman–Crippen MR) is 46.2 cm³/mol. The lowest BCUT2D eigenvalue weighted by molar-refractivity contribution is -0.0994. The number of rotatable bonds is 7. The van der Waals surface area contributed by atoms with Crippen molar-refractivity contribution in [2.45, 2.75) is 31.7 Å². The van der Waals surface area contributed by atoms with E-state index in [4.69, 9.17) is 20.1 Å². The third-order valence-corrected chi connectivity index (χ3v) is 1.61. The third kappa shape index (κ3) is 5.17. The zero-order chi connectivity index (χ0) is 10.3. The molecular formula is C8H18O5. The number of aliphatic hydroxyl groups excluding tert-OH is 4. The summed E-state index contributed by atoms with van der Waals surface area (Å²) >= 11 is 0. The molecule has 3 atom stereocenters. The first kappa shape index (κ1) is 12.8. The fourth-order valence-electron chi connectivity index (χ4n) is 0.811. The van der Waals surface area contributed by atoms with E-state index in [1.165, 1.54) is 0 Å². The maximum Gasteiger partial charge on any atom is 0.110 e. The quantitative estimate of drug-likeness (QED) is 0.370. The van der Waals surface area contributed by atoms with E-state index in [-0.39, 0.29) is 6.61 Å². The molecule has 0 aliphatic heterocycles. The average molecular weight is 194 g/mol. The van der Waals surface area contributed by atoms with Gasteiger partial charge in [-0.2, -0.15) is 0 Å². The van der Waals surface area contributed by atoms with E-state index in [1.807, 2.05) is 6.92 Å². The maximum atomic E-state index is 9.20. The van der Waals surface area contributed by atoms with Gasteiger partial charge in [0.05, 0.1) is 13.2 Å². The molecule has 5 heteroatoms. The molecule has 0 saturated carbocycles. The Hall–Kier alpha value is -0.200. The Balaban J connectivity index is 3.62. The minimum atomic E-state index is -1.36. The molecule has 0 aromatic carbocycles. The Bertz CT molecular complexity index is 119. The van der Waals surface area contributed by atoms with Gasteiger partial charge in [-0.25, -0.2) is 0 Å². The van der Waals surface area contributed by atoms with Crippen molar-refractivity contribution in [3.8, 4) is 0 Å². The molecule has 0 saturated heterocycles. The molecule has 0 aliphatic rings. The number of ether oxygens (including phenoxy) is 1. The first-order valence-corrected chi connectivity index (χ1v) is 4.36. The SMILES string of the molecule is CCCOC[C@H](O)[C@@H](O)[C@H](O)CO. The molecule has 0 spiro atoms. The molecule has 0 bridgehead atoms. The predicted octanol–water partition coefficient (Wildman–Crippen LogP) is -1.51. The molecule has 0 radical (unpaired) electrons. The fourth-order valence-corrected chi connectivity index (χ4v) is 0.811. The normalized spacial score (nSPS) is 18.2. The van der Waals surface area contributed by atoms with Gasteiger partial charge in [-0.05, 0) is 6.42 Å². The molecule has 13 heavy (non-hydrogen) atoms. The van der Waals surface area contributed by atoms with Crippen LogP contribution in [0.5, 0.6) is 0 Å². The minimum absolute atomic E-state index is 0.0356. The lowest BCUT2D eigenvalue weighted by Gasteiger charge is -2.21. The lowest BCUT2D eigenvalue weighted by Crippen LogP contribution is -2.41. The second-order valence-electron chi connectivity index (χ2n) is 2.88. The third-order valence-electron chi connectivity index (χ3n) is 1.61. The molecule has 4 N–H and O–H groups in total. The number of hydrogen-bond donors (Lipinski definition) is 4. The van der Waals surface area contributed by atoms with E-state index in [2.05, 4.69) is 0 Å². The van der Waals surface area contributed by atoms with Gasteiger partial charge in [-0.15, -0.1) is 0 Å². The highest BCUT2D eigenvalue weighted by Gasteiger charge is 2.23. The van der Waals surface area contributed by atoms with E-state index >= 15 is 0 Å². The molecule has 80 valence electrons. The summed E-state index contributed by atoms with van der Waals surface area (Å²) in [6, 6.07) is 0. The molecule has 0 unspecified atom stereocenters. The average Bonchev–Trinajstić information content (AvgIpc) is 2.15. The van der Waals surface area contributed by atoms with Gasteiger partial charge in [-0.3, -0.25) is 0 Å². The van der Waals surface area contributed by atoms with E-state index in [1.54, 1.807) is 0 Å². The zero-order valence-corrected chi connectivity index (χ0v) is 7.76. The van der Waals surface area contributed by atoms with Gasteiger partial charge in [0, 0.05) is 6.61 Å². The van der Waals surface area contributed by atoms with E-state index in [0.29, 0.717) is 6.61 Å². The summed E-state index contributed by atoms with van der Waals surface area (Å²) in [6.45, 7) is 1.81. The van der Waals surface area contributed by atoms with Gasteiger partial charge in [-0.1, -0.05) is 6.92 Å². The summed E-state index contributed by atoms with van der Waals surface area (Å²) in [5.41, 5.74) is 0. The molecule has 5 nitrogen and oxygen atoms in total. The summed E-state index contributed by atoms with van der Waals surface area (Å²) in [6.07, 6.45) is -3.01. The topological polar surface area (TPSA) is 90.2 Å². The second kappa shape index (κ2) is 7.23. The van der Waals surface area contributed by atoms with Crippen molar-refractivity contribution in [2.24, 2.45) is 0 Å². The molecule has 0 amide bonds. The maximum absolute atomic E-state index is 9.20. The number of hydrogen-bond acceptors (Lipinski definition) is 5. The van der Waals surface area contributed by atoms with Gasteiger partial charge >= 0.3 is 0 Å². The minimum Gasteiger partial charge on any atom is -0.394 e. The van der Waals surface area contributed by atoms with Crippen LogP contribution in [0.15, 0.2) is 0 Å². The highest BCUT2D eigenvalue weighted by Crippen LogP contribution is 2.00. The Morgan fingerprint density at radius 2 is 1.77 bits per heavy atom. The van der Waals surface area contributed by atoms with Gasteiger partial charge in [0.25, 0.3) is 0 Å². The van der Waals surface area contributed by atoms with Crippen LogP contribution in [0.1, 0.15) is 13.3 Å². The monoisotopic (exact) mass is 194 g/mol. The Morgan fingerprint density at radius 1 is 1.15 bits per heavy atom. The highest BCUT2D eigenvalue weighted by atomic mass is 16.5. The molecule has 0 heterocycles. The summed E-state index contributed by atoms with van der Waals surface area (Å²) in [5.74, 6) is 0. The van der Waals surface area contributed by atoms with Crippen LogP contribution >= 0.6 is 0 Å².